The van der Waals surface area contributed by atoms with E-state index in [0.717, 1.165) is 25.0 Å². The van der Waals surface area contributed by atoms with E-state index in [9.17, 15) is 22.8 Å². The summed E-state index contributed by atoms with van der Waals surface area (Å²) in [5, 5.41) is 5.30. The van der Waals surface area contributed by atoms with Crippen molar-refractivity contribution in [3.05, 3.63) is 29.6 Å². The van der Waals surface area contributed by atoms with Gasteiger partial charge in [0.2, 0.25) is 11.8 Å². The van der Waals surface area contributed by atoms with Gasteiger partial charge in [-0.05, 0) is 57.8 Å². The molecule has 0 spiro atoms. The Bertz CT molecular complexity index is 701. The van der Waals surface area contributed by atoms with Crippen LogP contribution >= 0.6 is 0 Å². The minimum atomic E-state index is -1.61. The van der Waals surface area contributed by atoms with Gasteiger partial charge in [-0.25, -0.2) is 13.2 Å². The van der Waals surface area contributed by atoms with Gasteiger partial charge in [0, 0.05) is 12.0 Å². The first-order valence-electron chi connectivity index (χ1n) is 8.85. The lowest BCUT2D eigenvalue weighted by Gasteiger charge is -2.34. The highest BCUT2D eigenvalue weighted by atomic mass is 19.2. The van der Waals surface area contributed by atoms with Gasteiger partial charge >= 0.3 is 0 Å². The van der Waals surface area contributed by atoms with E-state index in [4.69, 9.17) is 0 Å². The topological polar surface area (TPSA) is 61.4 Å². The molecule has 1 aromatic rings. The Kier molecular flexibility index (Phi) is 5.50. The summed E-state index contributed by atoms with van der Waals surface area (Å²) in [5.74, 6) is -4.81. The molecule has 5 nitrogen and oxygen atoms in total. The van der Waals surface area contributed by atoms with Crippen LogP contribution in [0.5, 0.6) is 0 Å². The predicted molar refractivity (Wildman–Crippen MR) is 89.9 cm³/mol. The molecular weight excluding hydrogens is 347 g/mol. The Morgan fingerprint density at radius 1 is 1.08 bits per heavy atom. The quantitative estimate of drug-likeness (QED) is 0.784. The second-order valence-electron chi connectivity index (χ2n) is 6.98. The van der Waals surface area contributed by atoms with Crippen LogP contribution in [0.15, 0.2) is 12.1 Å². The molecule has 0 radical (unpaired) electrons. The van der Waals surface area contributed by atoms with Crippen LogP contribution in [0.1, 0.15) is 32.6 Å². The number of carbonyl (C=O) groups excluding carboxylic acids is 2. The molecule has 1 aliphatic heterocycles. The fraction of sp³-hybridized carbons (Fsp3) is 0.556. The first-order valence-corrected chi connectivity index (χ1v) is 8.85. The molecular formula is C18H22F3N3O2. The molecule has 142 valence electrons. The number of hydrogen-bond donors (Lipinski definition) is 2. The van der Waals surface area contributed by atoms with Crippen molar-refractivity contribution in [1.82, 2.24) is 10.2 Å². The lowest BCUT2D eigenvalue weighted by molar-refractivity contribution is -0.127. The summed E-state index contributed by atoms with van der Waals surface area (Å²) >= 11 is 0. The number of nitrogens with one attached hydrogen (secondary N) is 2. The maximum atomic E-state index is 13.7. The van der Waals surface area contributed by atoms with Crippen molar-refractivity contribution in [2.24, 2.45) is 5.92 Å². The fourth-order valence-corrected chi connectivity index (χ4v) is 3.12. The van der Waals surface area contributed by atoms with Crippen LogP contribution in [0, 0.1) is 23.4 Å². The molecule has 1 unspecified atom stereocenters. The van der Waals surface area contributed by atoms with Crippen LogP contribution in [0.2, 0.25) is 0 Å². The van der Waals surface area contributed by atoms with Gasteiger partial charge in [-0.15, -0.1) is 0 Å². The third-order valence-corrected chi connectivity index (χ3v) is 5.04. The summed E-state index contributed by atoms with van der Waals surface area (Å²) in [6.07, 6.45) is 3.39. The van der Waals surface area contributed by atoms with E-state index >= 15 is 0 Å². The van der Waals surface area contributed by atoms with Crippen LogP contribution in [-0.4, -0.2) is 41.9 Å². The Balaban J connectivity index is 1.53. The molecule has 0 bridgehead atoms. The smallest absolute Gasteiger partial charge is 0.241 e. The monoisotopic (exact) mass is 369 g/mol. The number of halogens is 3. The highest BCUT2D eigenvalue weighted by Gasteiger charge is 2.32. The van der Waals surface area contributed by atoms with Gasteiger partial charge in [0.05, 0.1) is 11.7 Å². The zero-order valence-corrected chi connectivity index (χ0v) is 14.5. The van der Waals surface area contributed by atoms with E-state index in [1.165, 1.54) is 0 Å². The summed E-state index contributed by atoms with van der Waals surface area (Å²) in [5.41, 5.74) is -0.389. The Morgan fingerprint density at radius 2 is 1.73 bits per heavy atom. The Morgan fingerprint density at radius 3 is 2.35 bits per heavy atom. The molecule has 1 saturated heterocycles. The molecule has 8 heteroatoms. The first-order chi connectivity index (χ1) is 12.4. The van der Waals surface area contributed by atoms with Crippen molar-refractivity contribution in [2.75, 3.05) is 18.4 Å². The molecule has 2 amide bonds. The van der Waals surface area contributed by atoms with E-state index in [0.29, 0.717) is 32.0 Å². The summed E-state index contributed by atoms with van der Waals surface area (Å²) < 4.78 is 39.9. The van der Waals surface area contributed by atoms with Crippen LogP contribution < -0.4 is 10.6 Å². The average Bonchev–Trinajstić information content (AvgIpc) is 3.45. The lowest BCUT2D eigenvalue weighted by atomic mass is 9.95. The van der Waals surface area contributed by atoms with Gasteiger partial charge in [0.1, 0.15) is 0 Å². The highest BCUT2D eigenvalue weighted by Crippen LogP contribution is 2.24. The summed E-state index contributed by atoms with van der Waals surface area (Å²) in [6.45, 7) is 2.80. The van der Waals surface area contributed by atoms with Gasteiger partial charge in [-0.3, -0.25) is 14.5 Å². The highest BCUT2D eigenvalue weighted by molar-refractivity contribution is 5.94. The van der Waals surface area contributed by atoms with E-state index < -0.39 is 29.4 Å². The fourth-order valence-electron chi connectivity index (χ4n) is 3.12. The van der Waals surface area contributed by atoms with Crippen LogP contribution in [-0.2, 0) is 9.59 Å². The molecule has 1 atom stereocenters. The van der Waals surface area contributed by atoms with Crippen LogP contribution in [0.25, 0.3) is 0 Å². The predicted octanol–water partition coefficient (Wildman–Crippen LogP) is 2.42. The number of nitrogens with zero attached hydrogens (tertiary/aromatic N) is 1. The number of benzene rings is 1. The van der Waals surface area contributed by atoms with Gasteiger partial charge in [-0.1, -0.05) is 0 Å². The molecule has 2 aliphatic rings. The maximum Gasteiger partial charge on any atom is 0.241 e. The normalized spacial score (nSPS) is 19.8. The van der Waals surface area contributed by atoms with E-state index in [2.05, 4.69) is 10.6 Å². The van der Waals surface area contributed by atoms with Crippen LogP contribution in [0.3, 0.4) is 0 Å². The molecule has 2 N–H and O–H groups in total. The van der Waals surface area contributed by atoms with Gasteiger partial charge in [-0.2, -0.15) is 0 Å². The van der Waals surface area contributed by atoms with Crippen molar-refractivity contribution in [3.63, 3.8) is 0 Å². The Labute approximate surface area is 149 Å². The number of carbonyl (C=O) groups is 2. The summed E-state index contributed by atoms with van der Waals surface area (Å²) in [6, 6.07) is 1.52. The summed E-state index contributed by atoms with van der Waals surface area (Å²) in [4.78, 5) is 26.3. The average molecular weight is 369 g/mol. The largest absolute Gasteiger partial charge is 0.353 e. The molecule has 26 heavy (non-hydrogen) atoms. The Hall–Kier alpha value is -2.09. The van der Waals surface area contributed by atoms with E-state index in [1.807, 2.05) is 4.90 Å². The number of amides is 2. The number of anilines is 1. The van der Waals surface area contributed by atoms with Crippen molar-refractivity contribution in [3.8, 4) is 0 Å². The number of likely N-dealkylation sites (tertiary alicyclic amines) is 1. The first kappa shape index (κ1) is 18.7. The second kappa shape index (κ2) is 7.65. The lowest BCUT2D eigenvalue weighted by Crippen LogP contribution is -2.48. The molecule has 0 aromatic heterocycles. The number of hydrogen-bond acceptors (Lipinski definition) is 3. The molecule has 2 fully saturated rings. The zero-order valence-electron chi connectivity index (χ0n) is 14.5. The number of piperidine rings is 1. The SMILES string of the molecule is CC(C(=O)Nc1ccc(F)c(F)c1F)N1CCC(C(=O)NC2CC2)CC1. The van der Waals surface area contributed by atoms with Crippen molar-refractivity contribution in [2.45, 2.75) is 44.7 Å². The third-order valence-electron chi connectivity index (χ3n) is 5.04. The van der Waals surface area contributed by atoms with Crippen LogP contribution in [0.4, 0.5) is 18.9 Å². The molecule has 3 rings (SSSR count). The molecule has 1 aromatic carbocycles. The maximum absolute atomic E-state index is 13.7. The third kappa shape index (κ3) is 4.17. The second-order valence-corrected chi connectivity index (χ2v) is 6.98. The van der Waals surface area contributed by atoms with Crippen molar-refractivity contribution in [1.29, 1.82) is 0 Å². The van der Waals surface area contributed by atoms with Crippen molar-refractivity contribution >= 4 is 17.5 Å². The van der Waals surface area contributed by atoms with Gasteiger partial charge in [0.25, 0.3) is 0 Å². The number of rotatable bonds is 5. The van der Waals surface area contributed by atoms with Gasteiger partial charge < -0.3 is 10.6 Å². The minimum absolute atomic E-state index is 0.0502. The molecule has 1 saturated carbocycles. The molecule has 1 heterocycles. The standard InChI is InChI=1S/C18H22F3N3O2/c1-10(17(25)23-14-5-4-13(19)15(20)16(14)21)24-8-6-11(7-9-24)18(26)22-12-2-3-12/h4-5,10-12H,2-3,6-9H2,1H3,(H,22,26)(H,23,25). The van der Waals surface area contributed by atoms with E-state index in [1.54, 1.807) is 6.92 Å². The zero-order chi connectivity index (χ0) is 18.8. The van der Waals surface area contributed by atoms with Crippen molar-refractivity contribution < 1.29 is 22.8 Å². The van der Waals surface area contributed by atoms with E-state index in [-0.39, 0.29) is 17.5 Å². The minimum Gasteiger partial charge on any atom is -0.353 e. The van der Waals surface area contributed by atoms with Gasteiger partial charge in [0.15, 0.2) is 17.5 Å². The summed E-state index contributed by atoms with van der Waals surface area (Å²) in [7, 11) is 0. The molecule has 1 aliphatic carbocycles.